The van der Waals surface area contributed by atoms with Crippen LogP contribution in [0.4, 0.5) is 22.0 Å². The van der Waals surface area contributed by atoms with Crippen LogP contribution in [-0.4, -0.2) is 95.9 Å². The summed E-state index contributed by atoms with van der Waals surface area (Å²) in [4.78, 5) is 36.7. The average molecular weight is 555 g/mol. The maximum Gasteiger partial charge on any atom is 0.323 e. The zero-order chi connectivity index (χ0) is 28.3. The number of likely N-dealkylation sites (N-methyl/N-ethyl adjacent to an activating group) is 1. The SMILES string of the molecule is Cc1ccc2c(N3CCOCC3)nc(-c3ccc(NC(=O)Nc4ccc(C(=O)N5CCN(C)CC5)cc4)cc3)nn12. The molecule has 0 bridgehead atoms. The number of aryl methyl sites for hydroxylation is 1. The van der Waals surface area contributed by atoms with Gasteiger partial charge in [0.2, 0.25) is 0 Å². The minimum Gasteiger partial charge on any atom is -0.378 e. The largest absolute Gasteiger partial charge is 0.378 e. The van der Waals surface area contributed by atoms with Crippen LogP contribution in [0.3, 0.4) is 0 Å². The lowest BCUT2D eigenvalue weighted by Crippen LogP contribution is -2.47. The van der Waals surface area contributed by atoms with Gasteiger partial charge in [-0.3, -0.25) is 4.79 Å². The van der Waals surface area contributed by atoms with E-state index in [1.807, 2.05) is 46.7 Å². The monoisotopic (exact) mass is 554 g/mol. The van der Waals surface area contributed by atoms with Crippen molar-refractivity contribution in [2.75, 3.05) is 75.1 Å². The molecule has 0 saturated carbocycles. The van der Waals surface area contributed by atoms with Crippen molar-refractivity contribution < 1.29 is 14.3 Å². The van der Waals surface area contributed by atoms with E-state index in [1.54, 1.807) is 24.3 Å². The maximum atomic E-state index is 12.8. The van der Waals surface area contributed by atoms with Crippen LogP contribution in [0.5, 0.6) is 0 Å². The predicted molar refractivity (Wildman–Crippen MR) is 159 cm³/mol. The molecule has 6 rings (SSSR count). The van der Waals surface area contributed by atoms with Crippen molar-refractivity contribution >= 4 is 34.6 Å². The molecule has 0 spiro atoms. The number of anilines is 3. The van der Waals surface area contributed by atoms with Crippen molar-refractivity contribution in [2.45, 2.75) is 6.92 Å². The van der Waals surface area contributed by atoms with E-state index < -0.39 is 0 Å². The number of urea groups is 1. The zero-order valence-corrected chi connectivity index (χ0v) is 23.3. The van der Waals surface area contributed by atoms with Crippen LogP contribution >= 0.6 is 0 Å². The fourth-order valence-corrected chi connectivity index (χ4v) is 5.12. The van der Waals surface area contributed by atoms with Gasteiger partial charge in [-0.1, -0.05) is 0 Å². The molecule has 2 N–H and O–H groups in total. The minimum atomic E-state index is -0.369. The van der Waals surface area contributed by atoms with Gasteiger partial charge in [0.25, 0.3) is 5.91 Å². The van der Waals surface area contributed by atoms with Crippen LogP contribution in [-0.2, 0) is 4.74 Å². The molecule has 0 radical (unpaired) electrons. The minimum absolute atomic E-state index is 0.0151. The molecule has 0 unspecified atom stereocenters. The number of morpholine rings is 1. The standard InChI is InChI=1S/C30H34N8O3/c1-21-3-12-26-28(36-17-19-41-20-18-36)33-27(34-38(21)26)22-4-8-24(9-5-22)31-30(40)32-25-10-6-23(7-11-25)29(39)37-15-13-35(2)14-16-37/h3-12H,13-20H2,1-2H3,(H2,31,32,40). The lowest BCUT2D eigenvalue weighted by molar-refractivity contribution is 0.0664. The molecule has 2 fully saturated rings. The van der Waals surface area contributed by atoms with Gasteiger partial charge in [-0.2, -0.15) is 0 Å². The van der Waals surface area contributed by atoms with Gasteiger partial charge in [0.1, 0.15) is 5.52 Å². The molecule has 2 aromatic carbocycles. The Labute approximate surface area is 238 Å². The number of fused-ring (bicyclic) bond motifs is 1. The number of hydrogen-bond donors (Lipinski definition) is 2. The molecule has 11 heteroatoms. The fourth-order valence-electron chi connectivity index (χ4n) is 5.12. The third kappa shape index (κ3) is 5.86. The van der Waals surface area contributed by atoms with Gasteiger partial charge in [-0.25, -0.2) is 14.3 Å². The zero-order valence-electron chi connectivity index (χ0n) is 23.3. The third-order valence-corrected chi connectivity index (χ3v) is 7.57. The molecule has 2 aliphatic rings. The van der Waals surface area contributed by atoms with Crippen molar-refractivity contribution in [3.8, 4) is 11.4 Å². The molecule has 41 heavy (non-hydrogen) atoms. The van der Waals surface area contributed by atoms with Crippen LogP contribution in [0, 0.1) is 6.92 Å². The molecule has 3 amide bonds. The third-order valence-electron chi connectivity index (χ3n) is 7.57. The Balaban J connectivity index is 1.11. The predicted octanol–water partition coefficient (Wildman–Crippen LogP) is 3.57. The molecular weight excluding hydrogens is 520 g/mol. The molecule has 2 aliphatic heterocycles. The van der Waals surface area contributed by atoms with Gasteiger partial charge < -0.3 is 30.1 Å². The van der Waals surface area contributed by atoms with Crippen molar-refractivity contribution in [3.05, 3.63) is 71.9 Å². The van der Waals surface area contributed by atoms with E-state index in [1.165, 1.54) is 0 Å². The van der Waals surface area contributed by atoms with Gasteiger partial charge in [0.15, 0.2) is 11.6 Å². The van der Waals surface area contributed by atoms with Crippen LogP contribution in [0.25, 0.3) is 16.9 Å². The summed E-state index contributed by atoms with van der Waals surface area (Å²) in [5.74, 6) is 1.52. The van der Waals surface area contributed by atoms with Crippen molar-refractivity contribution in [1.82, 2.24) is 24.4 Å². The number of piperazine rings is 1. The number of rotatable bonds is 5. The second kappa shape index (κ2) is 11.6. The number of nitrogens with zero attached hydrogens (tertiary/aromatic N) is 6. The Morgan fingerprint density at radius 2 is 1.44 bits per heavy atom. The normalized spacial score (nSPS) is 16.1. The smallest absolute Gasteiger partial charge is 0.323 e. The van der Waals surface area contributed by atoms with E-state index >= 15 is 0 Å². The second-order valence-corrected chi connectivity index (χ2v) is 10.5. The quantitative estimate of drug-likeness (QED) is 0.388. The van der Waals surface area contributed by atoms with Crippen LogP contribution in [0.15, 0.2) is 60.7 Å². The molecule has 2 saturated heterocycles. The lowest BCUT2D eigenvalue weighted by Gasteiger charge is -2.32. The summed E-state index contributed by atoms with van der Waals surface area (Å²) in [5, 5.41) is 10.5. The fraction of sp³-hybridized carbons (Fsp3) is 0.333. The van der Waals surface area contributed by atoms with E-state index in [-0.39, 0.29) is 11.9 Å². The summed E-state index contributed by atoms with van der Waals surface area (Å²) < 4.78 is 7.46. The number of carbonyl (C=O) groups is 2. The number of carbonyl (C=O) groups excluding carboxylic acids is 2. The van der Waals surface area contributed by atoms with Gasteiger partial charge in [-0.05, 0) is 74.6 Å². The van der Waals surface area contributed by atoms with Crippen molar-refractivity contribution in [1.29, 1.82) is 0 Å². The number of nitrogens with one attached hydrogen (secondary N) is 2. The molecule has 0 atom stereocenters. The van der Waals surface area contributed by atoms with Gasteiger partial charge in [0, 0.05) is 67.5 Å². The average Bonchev–Trinajstić information content (AvgIpc) is 3.38. The number of hydrogen-bond acceptors (Lipinski definition) is 7. The molecule has 212 valence electrons. The summed E-state index contributed by atoms with van der Waals surface area (Å²) >= 11 is 0. The Kier molecular flexibility index (Phi) is 7.53. The molecule has 4 heterocycles. The van der Waals surface area contributed by atoms with E-state index in [4.69, 9.17) is 14.8 Å². The van der Waals surface area contributed by atoms with E-state index in [0.717, 1.165) is 61.9 Å². The van der Waals surface area contributed by atoms with E-state index in [0.29, 0.717) is 36.0 Å². The highest BCUT2D eigenvalue weighted by Crippen LogP contribution is 2.26. The summed E-state index contributed by atoms with van der Waals surface area (Å²) in [7, 11) is 2.06. The summed E-state index contributed by atoms with van der Waals surface area (Å²) in [6.45, 7) is 8.12. The molecule has 0 aliphatic carbocycles. The first-order chi connectivity index (χ1) is 19.9. The van der Waals surface area contributed by atoms with Gasteiger partial charge in [0.05, 0.1) is 13.2 Å². The van der Waals surface area contributed by atoms with Crippen LogP contribution in [0.1, 0.15) is 16.1 Å². The summed E-state index contributed by atoms with van der Waals surface area (Å²) in [6.07, 6.45) is 0. The molecule has 4 aromatic rings. The molecule has 11 nitrogen and oxygen atoms in total. The first-order valence-electron chi connectivity index (χ1n) is 13.9. The topological polar surface area (TPSA) is 107 Å². The molecule has 2 aromatic heterocycles. The highest BCUT2D eigenvalue weighted by atomic mass is 16.5. The summed E-state index contributed by atoms with van der Waals surface area (Å²) in [5.41, 5.74) is 4.71. The van der Waals surface area contributed by atoms with Crippen molar-refractivity contribution in [2.24, 2.45) is 0 Å². The van der Waals surface area contributed by atoms with E-state index in [2.05, 4.69) is 33.5 Å². The molecular formula is C30H34N8O3. The van der Waals surface area contributed by atoms with Crippen LogP contribution < -0.4 is 15.5 Å². The Bertz CT molecular complexity index is 1540. The lowest BCUT2D eigenvalue weighted by atomic mass is 10.1. The first kappa shape index (κ1) is 26.7. The number of ether oxygens (including phenoxy) is 1. The number of benzene rings is 2. The maximum absolute atomic E-state index is 12.8. The Hall–Kier alpha value is -4.48. The number of aromatic nitrogens is 3. The Morgan fingerprint density at radius 1 is 0.805 bits per heavy atom. The van der Waals surface area contributed by atoms with Crippen LogP contribution in [0.2, 0.25) is 0 Å². The van der Waals surface area contributed by atoms with E-state index in [9.17, 15) is 9.59 Å². The highest BCUT2D eigenvalue weighted by Gasteiger charge is 2.21. The summed E-state index contributed by atoms with van der Waals surface area (Å²) in [6, 6.07) is 18.2. The van der Waals surface area contributed by atoms with Crippen molar-refractivity contribution in [3.63, 3.8) is 0 Å². The second-order valence-electron chi connectivity index (χ2n) is 10.5. The van der Waals surface area contributed by atoms with Gasteiger partial charge >= 0.3 is 6.03 Å². The van der Waals surface area contributed by atoms with Gasteiger partial charge in [-0.15, -0.1) is 5.10 Å². The Morgan fingerprint density at radius 3 is 2.10 bits per heavy atom. The first-order valence-corrected chi connectivity index (χ1v) is 13.9. The highest BCUT2D eigenvalue weighted by molar-refractivity contribution is 6.00. The number of amides is 3.